The minimum atomic E-state index is -0.349. The molecule has 0 amide bonds. The quantitative estimate of drug-likeness (QED) is 0.757. The van der Waals surface area contributed by atoms with Crippen molar-refractivity contribution < 1.29 is 9.50 Å². The number of aliphatic hydroxyl groups excluding tert-OH is 1. The number of anilines is 1. The van der Waals surface area contributed by atoms with E-state index < -0.39 is 0 Å². The number of benzene rings is 1. The number of aryl methyl sites for hydroxylation is 2. The molecule has 0 aliphatic heterocycles. The molecule has 3 heteroatoms. The third kappa shape index (κ3) is 3.20. The molecule has 16 heavy (non-hydrogen) atoms. The van der Waals surface area contributed by atoms with E-state index in [0.717, 1.165) is 30.4 Å². The van der Waals surface area contributed by atoms with Crippen LogP contribution in [0.4, 0.5) is 10.1 Å². The lowest BCUT2D eigenvalue weighted by Crippen LogP contribution is -2.07. The second-order valence-corrected chi connectivity index (χ2v) is 4.30. The fourth-order valence-electron chi connectivity index (χ4n) is 1.80. The molecular formula is C13H20FNO. The van der Waals surface area contributed by atoms with Gasteiger partial charge in [-0.25, -0.2) is 4.39 Å². The van der Waals surface area contributed by atoms with E-state index in [1.165, 1.54) is 6.07 Å². The van der Waals surface area contributed by atoms with Crippen molar-refractivity contribution >= 4 is 5.69 Å². The van der Waals surface area contributed by atoms with E-state index in [0.29, 0.717) is 5.92 Å². The predicted molar refractivity (Wildman–Crippen MR) is 64.7 cm³/mol. The first-order chi connectivity index (χ1) is 7.58. The van der Waals surface area contributed by atoms with Crippen molar-refractivity contribution in [2.45, 2.75) is 33.1 Å². The molecule has 0 radical (unpaired) electrons. The molecule has 1 rings (SSSR count). The van der Waals surface area contributed by atoms with Gasteiger partial charge >= 0.3 is 0 Å². The lowest BCUT2D eigenvalue weighted by atomic mass is 9.95. The van der Waals surface area contributed by atoms with Gasteiger partial charge < -0.3 is 10.8 Å². The molecule has 0 fully saturated rings. The van der Waals surface area contributed by atoms with E-state index in [1.807, 2.05) is 6.92 Å². The maximum Gasteiger partial charge on any atom is 0.146 e. The minimum absolute atomic E-state index is 0.201. The smallest absolute Gasteiger partial charge is 0.146 e. The highest BCUT2D eigenvalue weighted by molar-refractivity contribution is 5.45. The predicted octanol–water partition coefficient (Wildman–Crippen LogP) is 2.67. The van der Waals surface area contributed by atoms with Crippen molar-refractivity contribution in [3.05, 3.63) is 29.1 Å². The number of nitrogens with two attached hydrogens (primary N) is 1. The van der Waals surface area contributed by atoms with Gasteiger partial charge in [-0.05, 0) is 48.9 Å². The second-order valence-electron chi connectivity index (χ2n) is 4.30. The van der Waals surface area contributed by atoms with Gasteiger partial charge in [0.05, 0.1) is 5.69 Å². The maximum absolute atomic E-state index is 13.3. The van der Waals surface area contributed by atoms with Crippen LogP contribution in [0.25, 0.3) is 0 Å². The first-order valence-electron chi connectivity index (χ1n) is 5.73. The third-order valence-electron chi connectivity index (χ3n) is 3.11. The first kappa shape index (κ1) is 13.0. The van der Waals surface area contributed by atoms with Crippen LogP contribution < -0.4 is 5.73 Å². The van der Waals surface area contributed by atoms with Crippen LogP contribution in [0.2, 0.25) is 0 Å². The number of rotatable bonds is 5. The van der Waals surface area contributed by atoms with Gasteiger partial charge in [0, 0.05) is 6.61 Å². The molecule has 0 aliphatic rings. The molecule has 1 aromatic rings. The van der Waals surface area contributed by atoms with Crippen LogP contribution in [-0.4, -0.2) is 11.7 Å². The standard InChI is InChI=1S/C13H20FNO/c1-3-10(8-16)4-5-11-7-12(14)13(15)6-9(11)2/h6-7,10,16H,3-5,8,15H2,1-2H3. The topological polar surface area (TPSA) is 46.2 Å². The summed E-state index contributed by atoms with van der Waals surface area (Å²) in [5, 5.41) is 9.08. The Morgan fingerprint density at radius 1 is 1.44 bits per heavy atom. The van der Waals surface area contributed by atoms with E-state index in [4.69, 9.17) is 10.8 Å². The van der Waals surface area contributed by atoms with Gasteiger partial charge in [0.2, 0.25) is 0 Å². The highest BCUT2D eigenvalue weighted by atomic mass is 19.1. The van der Waals surface area contributed by atoms with E-state index in [2.05, 4.69) is 6.92 Å². The molecule has 1 atom stereocenters. The summed E-state index contributed by atoms with van der Waals surface area (Å²) in [5.74, 6) is -0.0438. The fraction of sp³-hybridized carbons (Fsp3) is 0.538. The molecule has 3 N–H and O–H groups in total. The Labute approximate surface area is 96.3 Å². The second kappa shape index (κ2) is 5.85. The van der Waals surface area contributed by atoms with Gasteiger partial charge in [0.1, 0.15) is 5.82 Å². The monoisotopic (exact) mass is 225 g/mol. The summed E-state index contributed by atoms with van der Waals surface area (Å²) in [4.78, 5) is 0. The van der Waals surface area contributed by atoms with Gasteiger partial charge in [-0.2, -0.15) is 0 Å². The van der Waals surface area contributed by atoms with Gasteiger partial charge in [-0.3, -0.25) is 0 Å². The van der Waals surface area contributed by atoms with Crippen LogP contribution in [-0.2, 0) is 6.42 Å². The summed E-state index contributed by atoms with van der Waals surface area (Å²) in [6.07, 6.45) is 2.63. The zero-order valence-electron chi connectivity index (χ0n) is 9.96. The number of hydrogen-bond acceptors (Lipinski definition) is 2. The summed E-state index contributed by atoms with van der Waals surface area (Å²) in [5.41, 5.74) is 7.69. The van der Waals surface area contributed by atoms with Crippen molar-refractivity contribution in [1.82, 2.24) is 0 Å². The lowest BCUT2D eigenvalue weighted by molar-refractivity contribution is 0.215. The van der Waals surface area contributed by atoms with Crippen LogP contribution in [0.5, 0.6) is 0 Å². The molecule has 0 bridgehead atoms. The van der Waals surface area contributed by atoms with Crippen LogP contribution in [0.1, 0.15) is 30.9 Å². The van der Waals surface area contributed by atoms with Crippen molar-refractivity contribution in [1.29, 1.82) is 0 Å². The molecule has 0 spiro atoms. The van der Waals surface area contributed by atoms with Crippen molar-refractivity contribution in [2.24, 2.45) is 5.92 Å². The number of halogens is 1. The molecule has 0 aliphatic carbocycles. The molecule has 1 unspecified atom stereocenters. The molecule has 0 heterocycles. The SMILES string of the molecule is CCC(CO)CCc1cc(F)c(N)cc1C. The summed E-state index contributed by atoms with van der Waals surface area (Å²) < 4.78 is 13.3. The summed E-state index contributed by atoms with van der Waals surface area (Å²) in [6, 6.07) is 3.18. The minimum Gasteiger partial charge on any atom is -0.396 e. The van der Waals surface area contributed by atoms with Crippen LogP contribution >= 0.6 is 0 Å². The third-order valence-corrected chi connectivity index (χ3v) is 3.11. The molecule has 0 saturated carbocycles. The molecular weight excluding hydrogens is 205 g/mol. The van der Waals surface area contributed by atoms with Crippen LogP contribution in [0, 0.1) is 18.7 Å². The average Bonchev–Trinajstić information content (AvgIpc) is 2.26. The molecule has 1 aromatic carbocycles. The van der Waals surface area contributed by atoms with E-state index in [9.17, 15) is 4.39 Å². The molecule has 2 nitrogen and oxygen atoms in total. The fourth-order valence-corrected chi connectivity index (χ4v) is 1.80. The Bertz CT molecular complexity index is 348. The summed E-state index contributed by atoms with van der Waals surface area (Å²) in [6.45, 7) is 4.19. The van der Waals surface area contributed by atoms with E-state index in [-0.39, 0.29) is 18.1 Å². The van der Waals surface area contributed by atoms with Crippen molar-refractivity contribution in [2.75, 3.05) is 12.3 Å². The van der Waals surface area contributed by atoms with Gasteiger partial charge in [-0.1, -0.05) is 13.3 Å². The lowest BCUT2D eigenvalue weighted by Gasteiger charge is -2.13. The molecule has 90 valence electrons. The van der Waals surface area contributed by atoms with E-state index in [1.54, 1.807) is 6.07 Å². The first-order valence-corrected chi connectivity index (χ1v) is 5.73. The largest absolute Gasteiger partial charge is 0.396 e. The zero-order valence-corrected chi connectivity index (χ0v) is 9.96. The zero-order chi connectivity index (χ0) is 12.1. The number of nitrogen functional groups attached to an aromatic ring is 1. The Morgan fingerprint density at radius 3 is 2.69 bits per heavy atom. The van der Waals surface area contributed by atoms with E-state index >= 15 is 0 Å². The maximum atomic E-state index is 13.3. The number of aliphatic hydroxyl groups is 1. The van der Waals surface area contributed by atoms with Crippen LogP contribution in [0.15, 0.2) is 12.1 Å². The summed E-state index contributed by atoms with van der Waals surface area (Å²) in [7, 11) is 0. The van der Waals surface area contributed by atoms with Crippen molar-refractivity contribution in [3.63, 3.8) is 0 Å². The summed E-state index contributed by atoms with van der Waals surface area (Å²) >= 11 is 0. The number of hydrogen-bond donors (Lipinski definition) is 2. The highest BCUT2D eigenvalue weighted by Crippen LogP contribution is 2.20. The average molecular weight is 225 g/mol. The highest BCUT2D eigenvalue weighted by Gasteiger charge is 2.08. The van der Waals surface area contributed by atoms with Gasteiger partial charge in [0.25, 0.3) is 0 Å². The molecule has 0 saturated heterocycles. The molecule has 0 aromatic heterocycles. The Morgan fingerprint density at radius 2 is 2.12 bits per heavy atom. The van der Waals surface area contributed by atoms with Gasteiger partial charge in [0.15, 0.2) is 0 Å². The Balaban J connectivity index is 2.70. The van der Waals surface area contributed by atoms with Crippen molar-refractivity contribution in [3.8, 4) is 0 Å². The normalized spacial score (nSPS) is 12.8. The Hall–Kier alpha value is -1.09. The Kier molecular flexibility index (Phi) is 4.74. The van der Waals surface area contributed by atoms with Crippen LogP contribution in [0.3, 0.4) is 0 Å². The van der Waals surface area contributed by atoms with Gasteiger partial charge in [-0.15, -0.1) is 0 Å².